The van der Waals surface area contributed by atoms with Crippen LogP contribution in [-0.2, 0) is 19.6 Å². The molecule has 30 heavy (non-hydrogen) atoms. The molecule has 0 radical (unpaired) electrons. The maximum absolute atomic E-state index is 12.8. The first kappa shape index (κ1) is 22.2. The number of nitrogens with zero attached hydrogens (tertiary/aromatic N) is 2. The Kier molecular flexibility index (Phi) is 7.06. The molecular formula is C19H24N4O5S2. The van der Waals surface area contributed by atoms with Crippen molar-refractivity contribution in [2.24, 2.45) is 5.92 Å². The van der Waals surface area contributed by atoms with E-state index in [-0.39, 0.29) is 35.7 Å². The highest BCUT2D eigenvalue weighted by atomic mass is 32.2. The number of carbonyl (C=O) groups excluding carboxylic acids is 2. The smallest absolute Gasteiger partial charge is 0.248 e. The van der Waals surface area contributed by atoms with Gasteiger partial charge in [-0.15, -0.1) is 11.3 Å². The molecule has 9 nitrogen and oxygen atoms in total. The molecule has 2 heterocycles. The van der Waals surface area contributed by atoms with E-state index in [1.807, 2.05) is 0 Å². The van der Waals surface area contributed by atoms with Crippen molar-refractivity contribution in [3.05, 3.63) is 35.8 Å². The van der Waals surface area contributed by atoms with Crippen LogP contribution in [0.15, 0.2) is 40.7 Å². The average molecular weight is 453 g/mol. The zero-order valence-electron chi connectivity index (χ0n) is 16.7. The Labute approximate surface area is 179 Å². The van der Waals surface area contributed by atoms with E-state index in [1.165, 1.54) is 34.9 Å². The molecule has 1 aromatic heterocycles. The summed E-state index contributed by atoms with van der Waals surface area (Å²) in [6.45, 7) is 2.09. The minimum absolute atomic E-state index is 0.193. The van der Waals surface area contributed by atoms with Crippen molar-refractivity contribution >= 4 is 38.3 Å². The lowest BCUT2D eigenvalue weighted by molar-refractivity contribution is -0.129. The van der Waals surface area contributed by atoms with Crippen LogP contribution < -0.4 is 15.4 Å². The second-order valence-corrected chi connectivity index (χ2v) is 9.74. The maximum Gasteiger partial charge on any atom is 0.248 e. The van der Waals surface area contributed by atoms with E-state index in [4.69, 9.17) is 4.74 Å². The number of methoxy groups -OCH3 is 1. The van der Waals surface area contributed by atoms with E-state index in [0.717, 1.165) is 0 Å². The molecule has 1 unspecified atom stereocenters. The fraction of sp³-hybridized carbons (Fsp3) is 0.421. The number of rotatable bonds is 7. The van der Waals surface area contributed by atoms with Gasteiger partial charge in [-0.05, 0) is 44.0 Å². The van der Waals surface area contributed by atoms with Crippen molar-refractivity contribution in [2.75, 3.05) is 25.5 Å². The fourth-order valence-corrected chi connectivity index (χ4v) is 5.15. The number of carbonyl (C=O) groups is 2. The van der Waals surface area contributed by atoms with E-state index < -0.39 is 16.1 Å². The predicted octanol–water partition coefficient (Wildman–Crippen LogP) is 1.70. The molecule has 1 saturated heterocycles. The number of sulfonamides is 1. The third kappa shape index (κ3) is 5.15. The Hall–Kier alpha value is -2.50. The van der Waals surface area contributed by atoms with Gasteiger partial charge in [0.1, 0.15) is 11.8 Å². The topological polar surface area (TPSA) is 118 Å². The van der Waals surface area contributed by atoms with Crippen molar-refractivity contribution in [2.45, 2.75) is 30.7 Å². The van der Waals surface area contributed by atoms with Gasteiger partial charge < -0.3 is 15.4 Å². The van der Waals surface area contributed by atoms with E-state index in [0.29, 0.717) is 23.7 Å². The average Bonchev–Trinajstić information content (AvgIpc) is 3.26. The largest absolute Gasteiger partial charge is 0.497 e. The summed E-state index contributed by atoms with van der Waals surface area (Å²) >= 11 is 1.29. The zero-order valence-corrected chi connectivity index (χ0v) is 18.3. The second-order valence-electron chi connectivity index (χ2n) is 6.91. The highest BCUT2D eigenvalue weighted by Crippen LogP contribution is 2.25. The summed E-state index contributed by atoms with van der Waals surface area (Å²) in [5, 5.41) is 7.56. The van der Waals surface area contributed by atoms with Gasteiger partial charge in [-0.2, -0.15) is 4.31 Å². The summed E-state index contributed by atoms with van der Waals surface area (Å²) in [6.07, 6.45) is 2.36. The number of ether oxygens (including phenoxy) is 1. The number of aromatic nitrogens is 1. The highest BCUT2D eigenvalue weighted by Gasteiger charge is 2.33. The molecule has 0 spiro atoms. The molecule has 162 valence electrons. The first-order chi connectivity index (χ1) is 14.3. The lowest BCUT2D eigenvalue weighted by atomic mass is 9.97. The summed E-state index contributed by atoms with van der Waals surface area (Å²) < 4.78 is 32.1. The minimum Gasteiger partial charge on any atom is -0.497 e. The van der Waals surface area contributed by atoms with Crippen molar-refractivity contribution in [1.82, 2.24) is 14.6 Å². The highest BCUT2D eigenvalue weighted by molar-refractivity contribution is 7.89. The first-order valence-corrected chi connectivity index (χ1v) is 11.8. The van der Waals surface area contributed by atoms with E-state index in [1.54, 1.807) is 30.6 Å². The minimum atomic E-state index is -3.63. The standard InChI is InChI=1S/C19H24N4O5S2/c1-13(17(24)22-19-20-9-12-29-19)21-18(25)14-7-10-23(11-8-14)30(26,27)16-5-3-15(28-2)4-6-16/h3-6,9,12-14H,7-8,10-11H2,1-2H3,(H,21,25)(H,20,22,24). The van der Waals surface area contributed by atoms with Gasteiger partial charge in [0.15, 0.2) is 5.13 Å². The zero-order chi connectivity index (χ0) is 21.7. The number of amides is 2. The van der Waals surface area contributed by atoms with Crippen LogP contribution in [0, 0.1) is 5.92 Å². The normalized spacial score (nSPS) is 16.6. The summed E-state index contributed by atoms with van der Waals surface area (Å²) in [5.41, 5.74) is 0. The molecule has 0 bridgehead atoms. The van der Waals surface area contributed by atoms with Gasteiger partial charge in [0.25, 0.3) is 0 Å². The van der Waals surface area contributed by atoms with Crippen LogP contribution in [0.1, 0.15) is 19.8 Å². The molecule has 2 amide bonds. The number of piperidine rings is 1. The SMILES string of the molecule is COc1ccc(S(=O)(=O)N2CCC(C(=O)NC(C)C(=O)Nc3nccs3)CC2)cc1. The predicted molar refractivity (Wildman–Crippen MR) is 113 cm³/mol. The molecule has 1 aliphatic heterocycles. The second kappa shape index (κ2) is 9.54. The number of hydrogen-bond donors (Lipinski definition) is 2. The van der Waals surface area contributed by atoms with E-state index >= 15 is 0 Å². The first-order valence-electron chi connectivity index (χ1n) is 9.46. The lowest BCUT2D eigenvalue weighted by Gasteiger charge is -2.31. The molecule has 1 fully saturated rings. The molecule has 2 N–H and O–H groups in total. The number of thiazole rings is 1. The van der Waals surface area contributed by atoms with Crippen LogP contribution in [0.25, 0.3) is 0 Å². The summed E-state index contributed by atoms with van der Waals surface area (Å²) in [5.74, 6) is -0.365. The summed E-state index contributed by atoms with van der Waals surface area (Å²) in [7, 11) is -2.11. The van der Waals surface area contributed by atoms with Crippen molar-refractivity contribution in [1.29, 1.82) is 0 Å². The fourth-order valence-electron chi connectivity index (χ4n) is 3.15. The molecule has 2 aromatic rings. The summed E-state index contributed by atoms with van der Waals surface area (Å²) in [4.78, 5) is 28.9. The molecule has 11 heteroatoms. The third-order valence-electron chi connectivity index (χ3n) is 4.94. The lowest BCUT2D eigenvalue weighted by Crippen LogP contribution is -2.47. The summed E-state index contributed by atoms with van der Waals surface area (Å²) in [6, 6.07) is 5.50. The Morgan fingerprint density at radius 2 is 1.90 bits per heavy atom. The van der Waals surface area contributed by atoms with Crippen molar-refractivity contribution in [3.63, 3.8) is 0 Å². The third-order valence-corrected chi connectivity index (χ3v) is 7.54. The van der Waals surface area contributed by atoms with Gasteiger partial charge in [-0.1, -0.05) is 0 Å². The van der Waals surface area contributed by atoms with Gasteiger partial charge in [-0.3, -0.25) is 9.59 Å². The molecule has 0 aliphatic carbocycles. The van der Waals surface area contributed by atoms with Crippen LogP contribution in [0.2, 0.25) is 0 Å². The van der Waals surface area contributed by atoms with Crippen LogP contribution in [0.4, 0.5) is 5.13 Å². The van der Waals surface area contributed by atoms with Gasteiger partial charge >= 0.3 is 0 Å². The van der Waals surface area contributed by atoms with Crippen LogP contribution >= 0.6 is 11.3 Å². The Morgan fingerprint density at radius 3 is 2.47 bits per heavy atom. The quantitative estimate of drug-likeness (QED) is 0.660. The number of anilines is 1. The van der Waals surface area contributed by atoms with E-state index in [2.05, 4.69) is 15.6 Å². The van der Waals surface area contributed by atoms with Crippen molar-refractivity contribution < 1.29 is 22.7 Å². The van der Waals surface area contributed by atoms with Crippen LogP contribution in [0.3, 0.4) is 0 Å². The Balaban J connectivity index is 1.52. The molecule has 1 aromatic carbocycles. The van der Waals surface area contributed by atoms with E-state index in [9.17, 15) is 18.0 Å². The van der Waals surface area contributed by atoms with Crippen LogP contribution in [0.5, 0.6) is 5.75 Å². The van der Waals surface area contributed by atoms with Crippen molar-refractivity contribution in [3.8, 4) is 5.75 Å². The van der Waals surface area contributed by atoms with Gasteiger partial charge in [-0.25, -0.2) is 13.4 Å². The van der Waals surface area contributed by atoms with Gasteiger partial charge in [0, 0.05) is 30.6 Å². The monoisotopic (exact) mass is 452 g/mol. The number of nitrogens with one attached hydrogen (secondary N) is 2. The number of hydrogen-bond acceptors (Lipinski definition) is 7. The molecule has 0 saturated carbocycles. The molecule has 1 aliphatic rings. The molecular weight excluding hydrogens is 428 g/mol. The maximum atomic E-state index is 12.8. The van der Waals surface area contributed by atoms with Crippen LogP contribution in [-0.4, -0.2) is 55.8 Å². The number of benzene rings is 1. The molecule has 3 rings (SSSR count). The van der Waals surface area contributed by atoms with Gasteiger partial charge in [0.05, 0.1) is 12.0 Å². The van der Waals surface area contributed by atoms with Gasteiger partial charge in [0.2, 0.25) is 21.8 Å². The Morgan fingerprint density at radius 1 is 1.23 bits per heavy atom. The molecule has 1 atom stereocenters. The Bertz CT molecular complexity index is 969.